The van der Waals surface area contributed by atoms with E-state index in [4.69, 9.17) is 0 Å². The maximum atomic E-state index is 9.28. The summed E-state index contributed by atoms with van der Waals surface area (Å²) >= 11 is 0. The lowest BCUT2D eigenvalue weighted by atomic mass is 10.1. The second kappa shape index (κ2) is 5.97. The normalized spacial score (nSPS) is 12.6. The van der Waals surface area contributed by atoms with E-state index in [1.807, 2.05) is 36.4 Å². The number of aromatic amines is 1. The minimum atomic E-state index is 0.307. The summed E-state index contributed by atoms with van der Waals surface area (Å²) in [6.45, 7) is 2.86. The van der Waals surface area contributed by atoms with Crippen LogP contribution in [0.3, 0.4) is 0 Å². The van der Waals surface area contributed by atoms with Gasteiger partial charge in [0.2, 0.25) is 0 Å². The summed E-state index contributed by atoms with van der Waals surface area (Å²) in [5, 5.41) is 12.8. The lowest BCUT2D eigenvalue weighted by Crippen LogP contribution is -2.28. The Morgan fingerprint density at radius 1 is 1.14 bits per heavy atom. The first kappa shape index (κ1) is 13.6. The number of para-hydroxylation sites is 2. The molecule has 3 N–H and O–H groups in total. The van der Waals surface area contributed by atoms with E-state index in [2.05, 4.69) is 22.2 Å². The number of benzene rings is 2. The highest BCUT2D eigenvalue weighted by molar-refractivity contribution is 5.74. The van der Waals surface area contributed by atoms with Crippen molar-refractivity contribution in [3.05, 3.63) is 59.9 Å². The lowest BCUT2D eigenvalue weighted by molar-refractivity contribution is 0.474. The number of phenolic OH excluding ortho intramolecular Hbond substituents is 1. The number of nitrogens with zero attached hydrogens (tertiary/aromatic N) is 1. The van der Waals surface area contributed by atoms with Gasteiger partial charge in [-0.3, -0.25) is 0 Å². The van der Waals surface area contributed by atoms with Crippen LogP contribution in [0.1, 0.15) is 18.3 Å². The molecule has 21 heavy (non-hydrogen) atoms. The number of hydrogen-bond acceptors (Lipinski definition) is 3. The predicted octanol–water partition coefficient (Wildman–Crippen LogP) is 2.99. The molecule has 1 atom stereocenters. The average Bonchev–Trinajstić information content (AvgIpc) is 2.90. The molecule has 2 aromatic carbocycles. The molecule has 3 aromatic rings. The summed E-state index contributed by atoms with van der Waals surface area (Å²) in [6.07, 6.45) is 0.917. The fourth-order valence-corrected chi connectivity index (χ4v) is 2.42. The van der Waals surface area contributed by atoms with Crippen LogP contribution in [0.15, 0.2) is 48.5 Å². The first-order valence-electron chi connectivity index (χ1n) is 7.15. The second-order valence-corrected chi connectivity index (χ2v) is 5.35. The van der Waals surface area contributed by atoms with Crippen LogP contribution in [0.2, 0.25) is 0 Å². The lowest BCUT2D eigenvalue weighted by Gasteiger charge is -2.12. The minimum absolute atomic E-state index is 0.307. The zero-order valence-electron chi connectivity index (χ0n) is 12.0. The van der Waals surface area contributed by atoms with Gasteiger partial charge >= 0.3 is 0 Å². The van der Waals surface area contributed by atoms with E-state index in [0.29, 0.717) is 18.3 Å². The summed E-state index contributed by atoms with van der Waals surface area (Å²) in [7, 11) is 0. The Hall–Kier alpha value is -2.33. The van der Waals surface area contributed by atoms with Gasteiger partial charge in [0.05, 0.1) is 17.6 Å². The molecule has 1 unspecified atom stereocenters. The average molecular weight is 281 g/mol. The highest BCUT2D eigenvalue weighted by Gasteiger charge is 2.06. The second-order valence-electron chi connectivity index (χ2n) is 5.35. The van der Waals surface area contributed by atoms with Crippen molar-refractivity contribution < 1.29 is 5.11 Å². The fraction of sp³-hybridized carbons (Fsp3) is 0.235. The zero-order chi connectivity index (χ0) is 14.7. The van der Waals surface area contributed by atoms with Crippen molar-refractivity contribution in [1.29, 1.82) is 0 Å². The molecule has 0 aliphatic heterocycles. The Kier molecular flexibility index (Phi) is 3.88. The molecule has 0 spiro atoms. The quantitative estimate of drug-likeness (QED) is 0.674. The standard InChI is InChI=1S/C17H19N3O/c1-12(10-13-6-8-14(21)9-7-13)18-11-17-19-15-4-2-3-5-16(15)20-17/h2-9,12,18,21H,10-11H2,1H3,(H,19,20). The molecule has 3 rings (SSSR count). The number of phenols is 1. The van der Waals surface area contributed by atoms with E-state index < -0.39 is 0 Å². The van der Waals surface area contributed by atoms with Crippen molar-refractivity contribution in [2.75, 3.05) is 0 Å². The Bertz CT molecular complexity index is 685. The first-order chi connectivity index (χ1) is 10.2. The number of imidazole rings is 1. The van der Waals surface area contributed by atoms with Crippen molar-refractivity contribution in [1.82, 2.24) is 15.3 Å². The van der Waals surface area contributed by atoms with Gasteiger partial charge in [-0.25, -0.2) is 4.98 Å². The molecular weight excluding hydrogens is 262 g/mol. The van der Waals surface area contributed by atoms with Gasteiger partial charge in [0.15, 0.2) is 0 Å². The van der Waals surface area contributed by atoms with Crippen LogP contribution < -0.4 is 5.32 Å². The topological polar surface area (TPSA) is 60.9 Å². The third-order valence-corrected chi connectivity index (χ3v) is 3.53. The first-order valence-corrected chi connectivity index (χ1v) is 7.15. The summed E-state index contributed by atoms with van der Waals surface area (Å²) < 4.78 is 0. The third kappa shape index (κ3) is 3.41. The summed E-state index contributed by atoms with van der Waals surface area (Å²) in [6, 6.07) is 15.7. The van der Waals surface area contributed by atoms with Crippen LogP contribution in [0.4, 0.5) is 0 Å². The molecule has 1 heterocycles. The van der Waals surface area contributed by atoms with E-state index in [-0.39, 0.29) is 0 Å². The number of fused-ring (bicyclic) bond motifs is 1. The van der Waals surface area contributed by atoms with Crippen LogP contribution in [0, 0.1) is 0 Å². The van der Waals surface area contributed by atoms with Crippen LogP contribution in [0.25, 0.3) is 11.0 Å². The minimum Gasteiger partial charge on any atom is -0.508 e. The van der Waals surface area contributed by atoms with Crippen LogP contribution in [0.5, 0.6) is 5.75 Å². The molecule has 4 nitrogen and oxygen atoms in total. The van der Waals surface area contributed by atoms with Gasteiger partial charge in [-0.2, -0.15) is 0 Å². The van der Waals surface area contributed by atoms with Crippen LogP contribution >= 0.6 is 0 Å². The van der Waals surface area contributed by atoms with Crippen LogP contribution in [-0.4, -0.2) is 21.1 Å². The smallest absolute Gasteiger partial charge is 0.121 e. The largest absolute Gasteiger partial charge is 0.508 e. The molecule has 0 amide bonds. The molecule has 0 aliphatic carbocycles. The molecule has 0 saturated carbocycles. The van der Waals surface area contributed by atoms with Crippen molar-refractivity contribution in [3.63, 3.8) is 0 Å². The number of aromatic hydroxyl groups is 1. The van der Waals surface area contributed by atoms with Crippen molar-refractivity contribution in [3.8, 4) is 5.75 Å². The molecular formula is C17H19N3O. The van der Waals surface area contributed by atoms with Crippen molar-refractivity contribution in [2.45, 2.75) is 25.9 Å². The summed E-state index contributed by atoms with van der Waals surface area (Å²) in [4.78, 5) is 7.87. The molecule has 4 heteroatoms. The summed E-state index contributed by atoms with van der Waals surface area (Å²) in [5.41, 5.74) is 3.28. The number of H-pyrrole nitrogens is 1. The highest BCUT2D eigenvalue weighted by atomic mass is 16.3. The fourth-order valence-electron chi connectivity index (χ4n) is 2.42. The van der Waals surface area contributed by atoms with Gasteiger partial charge in [0.25, 0.3) is 0 Å². The van der Waals surface area contributed by atoms with Gasteiger partial charge < -0.3 is 15.4 Å². The molecule has 0 aliphatic rings. The maximum Gasteiger partial charge on any atom is 0.121 e. The molecule has 0 bridgehead atoms. The monoisotopic (exact) mass is 281 g/mol. The highest BCUT2D eigenvalue weighted by Crippen LogP contribution is 2.12. The maximum absolute atomic E-state index is 9.28. The Morgan fingerprint density at radius 3 is 2.67 bits per heavy atom. The van der Waals surface area contributed by atoms with Crippen LogP contribution in [-0.2, 0) is 13.0 Å². The van der Waals surface area contributed by atoms with E-state index in [1.165, 1.54) is 5.56 Å². The van der Waals surface area contributed by atoms with E-state index >= 15 is 0 Å². The molecule has 0 saturated heterocycles. The van der Waals surface area contributed by atoms with Gasteiger partial charge in [0.1, 0.15) is 11.6 Å². The van der Waals surface area contributed by atoms with Gasteiger partial charge in [-0.15, -0.1) is 0 Å². The molecule has 0 fully saturated rings. The number of hydrogen-bond donors (Lipinski definition) is 3. The Morgan fingerprint density at radius 2 is 1.90 bits per heavy atom. The van der Waals surface area contributed by atoms with Crippen molar-refractivity contribution in [2.24, 2.45) is 0 Å². The SMILES string of the molecule is CC(Cc1ccc(O)cc1)NCc1nc2ccccc2[nH]1. The van der Waals surface area contributed by atoms with E-state index in [1.54, 1.807) is 12.1 Å². The number of rotatable bonds is 5. The molecule has 0 radical (unpaired) electrons. The Balaban J connectivity index is 1.57. The number of aromatic nitrogens is 2. The Labute approximate surface area is 123 Å². The predicted molar refractivity (Wildman–Crippen MR) is 84.2 cm³/mol. The third-order valence-electron chi connectivity index (χ3n) is 3.53. The number of nitrogens with one attached hydrogen (secondary N) is 2. The van der Waals surface area contributed by atoms with Gasteiger partial charge in [0, 0.05) is 6.04 Å². The van der Waals surface area contributed by atoms with Crippen molar-refractivity contribution >= 4 is 11.0 Å². The van der Waals surface area contributed by atoms with Gasteiger partial charge in [-0.1, -0.05) is 24.3 Å². The zero-order valence-corrected chi connectivity index (χ0v) is 12.0. The molecule has 108 valence electrons. The van der Waals surface area contributed by atoms with E-state index in [9.17, 15) is 5.11 Å². The van der Waals surface area contributed by atoms with E-state index in [0.717, 1.165) is 23.3 Å². The summed E-state index contributed by atoms with van der Waals surface area (Å²) in [5.74, 6) is 1.26. The van der Waals surface area contributed by atoms with Gasteiger partial charge in [-0.05, 0) is 43.2 Å². The molecule has 1 aromatic heterocycles.